The molecule has 0 aliphatic carbocycles. The molecular weight excluding hydrogens is 198 g/mol. The van der Waals surface area contributed by atoms with Gasteiger partial charge in [-0.2, -0.15) is 0 Å². The molecule has 2 aliphatic rings. The Morgan fingerprint density at radius 2 is 2.14 bits per heavy atom. The zero-order chi connectivity index (χ0) is 8.93. The van der Waals surface area contributed by atoms with E-state index in [1.807, 2.05) is 0 Å². The summed E-state index contributed by atoms with van der Waals surface area (Å²) >= 11 is 0. The van der Waals surface area contributed by atoms with Crippen LogP contribution in [0.5, 0.6) is 0 Å². The van der Waals surface area contributed by atoms with Crippen LogP contribution in [0.4, 0.5) is 0 Å². The van der Waals surface area contributed by atoms with Crippen LogP contribution in [0.3, 0.4) is 0 Å². The van der Waals surface area contributed by atoms with E-state index in [4.69, 9.17) is 4.74 Å². The Kier molecular flexibility index (Phi) is 5.53. The zero-order valence-corrected chi connectivity index (χ0v) is 9.44. The highest BCUT2D eigenvalue weighted by Gasteiger charge is 2.14. The standard InChI is InChI=1S/C11H19NO.ClH/c1-3-10(5-7-12-6-1)9-11-4-2-8-13-11;/h9,11-12H,1-8H2;1H/b10-9-;. The number of ether oxygens (including phenoxy) is 1. The van der Waals surface area contributed by atoms with E-state index in [1.165, 1.54) is 38.6 Å². The number of hydrogen-bond donors (Lipinski definition) is 1. The molecule has 0 spiro atoms. The van der Waals surface area contributed by atoms with Crippen LogP contribution in [-0.2, 0) is 4.74 Å². The fourth-order valence-electron chi connectivity index (χ4n) is 2.10. The number of halogens is 1. The van der Waals surface area contributed by atoms with Crippen LogP contribution in [0.25, 0.3) is 0 Å². The van der Waals surface area contributed by atoms with Crippen LogP contribution in [0, 0.1) is 0 Å². The van der Waals surface area contributed by atoms with Gasteiger partial charge >= 0.3 is 0 Å². The lowest BCUT2D eigenvalue weighted by molar-refractivity contribution is 0.145. The summed E-state index contributed by atoms with van der Waals surface area (Å²) in [5, 5.41) is 3.42. The van der Waals surface area contributed by atoms with E-state index in [0.717, 1.165) is 13.2 Å². The largest absolute Gasteiger partial charge is 0.374 e. The fraction of sp³-hybridized carbons (Fsp3) is 0.818. The Bertz CT molecular complexity index is 178. The molecule has 0 aromatic rings. The molecular formula is C11H20ClNO. The van der Waals surface area contributed by atoms with E-state index in [1.54, 1.807) is 5.57 Å². The minimum Gasteiger partial charge on any atom is -0.374 e. The van der Waals surface area contributed by atoms with Gasteiger partial charge in [-0.1, -0.05) is 11.6 Å². The van der Waals surface area contributed by atoms with Crippen molar-refractivity contribution in [3.05, 3.63) is 11.6 Å². The van der Waals surface area contributed by atoms with Crippen LogP contribution >= 0.6 is 12.4 Å². The summed E-state index contributed by atoms with van der Waals surface area (Å²) < 4.78 is 5.60. The van der Waals surface area contributed by atoms with Gasteiger partial charge in [-0.25, -0.2) is 0 Å². The average molecular weight is 218 g/mol. The third-order valence-corrected chi connectivity index (χ3v) is 2.86. The predicted octanol–water partition coefficient (Wildman–Crippen LogP) is 2.29. The Labute approximate surface area is 92.5 Å². The third kappa shape index (κ3) is 3.60. The van der Waals surface area contributed by atoms with Gasteiger partial charge in [0, 0.05) is 6.61 Å². The van der Waals surface area contributed by atoms with E-state index in [2.05, 4.69) is 11.4 Å². The lowest BCUT2D eigenvalue weighted by Crippen LogP contribution is -2.13. The van der Waals surface area contributed by atoms with Crippen molar-refractivity contribution >= 4 is 12.4 Å². The number of hydrogen-bond acceptors (Lipinski definition) is 2. The summed E-state index contributed by atoms with van der Waals surface area (Å²) in [6.45, 7) is 3.30. The summed E-state index contributed by atoms with van der Waals surface area (Å²) in [7, 11) is 0. The molecule has 3 heteroatoms. The first-order chi connectivity index (χ1) is 6.45. The summed E-state index contributed by atoms with van der Waals surface area (Å²) in [5.74, 6) is 0. The summed E-state index contributed by atoms with van der Waals surface area (Å²) in [5.41, 5.74) is 1.61. The molecule has 0 aromatic heterocycles. The van der Waals surface area contributed by atoms with Crippen LogP contribution in [0.15, 0.2) is 11.6 Å². The zero-order valence-electron chi connectivity index (χ0n) is 8.63. The Morgan fingerprint density at radius 1 is 1.21 bits per heavy atom. The molecule has 0 aromatic carbocycles. The highest BCUT2D eigenvalue weighted by atomic mass is 35.5. The molecule has 0 amide bonds. The van der Waals surface area contributed by atoms with E-state index in [0.29, 0.717) is 6.10 Å². The minimum absolute atomic E-state index is 0. The lowest BCUT2D eigenvalue weighted by Gasteiger charge is -2.07. The van der Waals surface area contributed by atoms with Gasteiger partial charge in [-0.15, -0.1) is 12.4 Å². The van der Waals surface area contributed by atoms with E-state index in [-0.39, 0.29) is 12.4 Å². The Balaban J connectivity index is 0.000000980. The molecule has 0 saturated carbocycles. The molecule has 2 rings (SSSR count). The van der Waals surface area contributed by atoms with Crippen molar-refractivity contribution in [2.24, 2.45) is 0 Å². The molecule has 2 heterocycles. The monoisotopic (exact) mass is 217 g/mol. The van der Waals surface area contributed by atoms with Crippen LogP contribution in [0.1, 0.15) is 32.1 Å². The highest BCUT2D eigenvalue weighted by molar-refractivity contribution is 5.85. The van der Waals surface area contributed by atoms with Gasteiger partial charge in [0.1, 0.15) is 0 Å². The maximum Gasteiger partial charge on any atom is 0.0759 e. The molecule has 82 valence electrons. The Morgan fingerprint density at radius 3 is 2.93 bits per heavy atom. The second kappa shape index (κ2) is 6.44. The van der Waals surface area contributed by atoms with Crippen LogP contribution in [0.2, 0.25) is 0 Å². The smallest absolute Gasteiger partial charge is 0.0759 e. The topological polar surface area (TPSA) is 21.3 Å². The normalized spacial score (nSPS) is 31.1. The molecule has 14 heavy (non-hydrogen) atoms. The predicted molar refractivity (Wildman–Crippen MR) is 61.0 cm³/mol. The van der Waals surface area contributed by atoms with Crippen LogP contribution in [-0.4, -0.2) is 25.8 Å². The lowest BCUT2D eigenvalue weighted by atomic mass is 10.1. The first kappa shape index (κ1) is 12.0. The third-order valence-electron chi connectivity index (χ3n) is 2.86. The summed E-state index contributed by atoms with van der Waals surface area (Å²) in [4.78, 5) is 0. The van der Waals surface area contributed by atoms with Crippen molar-refractivity contribution in [2.75, 3.05) is 19.7 Å². The molecule has 1 unspecified atom stereocenters. The average Bonchev–Trinajstić information content (AvgIpc) is 2.49. The van der Waals surface area contributed by atoms with Crippen molar-refractivity contribution in [3.63, 3.8) is 0 Å². The molecule has 2 nitrogen and oxygen atoms in total. The molecule has 1 N–H and O–H groups in total. The van der Waals surface area contributed by atoms with Gasteiger partial charge in [0.2, 0.25) is 0 Å². The van der Waals surface area contributed by atoms with E-state index >= 15 is 0 Å². The van der Waals surface area contributed by atoms with Gasteiger partial charge in [-0.3, -0.25) is 0 Å². The van der Waals surface area contributed by atoms with Crippen molar-refractivity contribution in [1.29, 1.82) is 0 Å². The summed E-state index contributed by atoms with van der Waals surface area (Å²) in [6, 6.07) is 0. The molecule has 0 bridgehead atoms. The van der Waals surface area contributed by atoms with Crippen molar-refractivity contribution in [3.8, 4) is 0 Å². The van der Waals surface area contributed by atoms with Crippen molar-refractivity contribution in [2.45, 2.75) is 38.2 Å². The molecule has 0 radical (unpaired) electrons. The van der Waals surface area contributed by atoms with Gasteiger partial charge < -0.3 is 10.1 Å². The van der Waals surface area contributed by atoms with Crippen molar-refractivity contribution < 1.29 is 4.74 Å². The number of nitrogens with one attached hydrogen (secondary N) is 1. The molecule has 2 aliphatic heterocycles. The van der Waals surface area contributed by atoms with Gasteiger partial charge in [0.05, 0.1) is 6.10 Å². The maximum absolute atomic E-state index is 5.60. The highest BCUT2D eigenvalue weighted by Crippen LogP contribution is 2.19. The SMILES string of the molecule is C(=C1\CCCNCC1)/C1CCCO1.Cl. The fourth-order valence-corrected chi connectivity index (χ4v) is 2.10. The van der Waals surface area contributed by atoms with Gasteiger partial charge in [0.15, 0.2) is 0 Å². The number of rotatable bonds is 1. The summed E-state index contributed by atoms with van der Waals surface area (Å²) in [6.07, 6.45) is 9.07. The van der Waals surface area contributed by atoms with Crippen LogP contribution < -0.4 is 5.32 Å². The molecule has 2 saturated heterocycles. The second-order valence-corrected chi connectivity index (χ2v) is 3.98. The maximum atomic E-state index is 5.60. The van der Waals surface area contributed by atoms with E-state index < -0.39 is 0 Å². The van der Waals surface area contributed by atoms with E-state index in [9.17, 15) is 0 Å². The van der Waals surface area contributed by atoms with Gasteiger partial charge in [0.25, 0.3) is 0 Å². The van der Waals surface area contributed by atoms with Gasteiger partial charge in [-0.05, 0) is 45.2 Å². The Hall–Kier alpha value is -0.0500. The minimum atomic E-state index is 0. The molecule has 2 fully saturated rings. The first-order valence-electron chi connectivity index (χ1n) is 5.47. The second-order valence-electron chi connectivity index (χ2n) is 3.98. The molecule has 1 atom stereocenters. The quantitative estimate of drug-likeness (QED) is 0.681. The first-order valence-corrected chi connectivity index (χ1v) is 5.47. The van der Waals surface area contributed by atoms with Crippen molar-refractivity contribution in [1.82, 2.24) is 5.32 Å².